The Morgan fingerprint density at radius 1 is 1.00 bits per heavy atom. The van der Waals surface area contributed by atoms with Gasteiger partial charge in [-0.15, -0.1) is 10.2 Å². The van der Waals surface area contributed by atoms with Crippen molar-refractivity contribution in [3.05, 3.63) is 0 Å². The van der Waals surface area contributed by atoms with Gasteiger partial charge in [0, 0.05) is 25.2 Å². The standard InChI is InChI=1S/C18H35N8O4P/c1-6-9-22-17(27)15(20)24-25-16(21)18(28)23-10-12-30-31(29-11-7-8-19)26(13(2)3)14(4)5/h13-14H,6-7,9-12H2,1-5H3,(H2,20,24)(H2,21,25)(H,22,27)(H,23,28). The van der Waals surface area contributed by atoms with E-state index >= 15 is 0 Å². The fourth-order valence-corrected chi connectivity index (χ4v) is 3.81. The average Bonchev–Trinajstić information content (AvgIpc) is 2.71. The smallest absolute Gasteiger partial charge is 0.288 e. The van der Waals surface area contributed by atoms with Crippen molar-refractivity contribution in [1.29, 1.82) is 5.26 Å². The summed E-state index contributed by atoms with van der Waals surface area (Å²) < 4.78 is 13.7. The van der Waals surface area contributed by atoms with Gasteiger partial charge in [-0.05, 0) is 34.1 Å². The summed E-state index contributed by atoms with van der Waals surface area (Å²) in [7, 11) is -1.40. The van der Waals surface area contributed by atoms with E-state index in [9.17, 15) is 9.59 Å². The van der Waals surface area contributed by atoms with E-state index in [1.807, 2.05) is 40.7 Å². The zero-order valence-corrected chi connectivity index (χ0v) is 19.8. The van der Waals surface area contributed by atoms with E-state index in [2.05, 4.69) is 25.5 Å². The summed E-state index contributed by atoms with van der Waals surface area (Å²) in [6.45, 7) is 11.0. The number of amidine groups is 2. The molecule has 176 valence electrons. The maximum atomic E-state index is 12.0. The van der Waals surface area contributed by atoms with Crippen molar-refractivity contribution < 1.29 is 18.6 Å². The second-order valence-electron chi connectivity index (χ2n) is 6.86. The van der Waals surface area contributed by atoms with Crippen molar-refractivity contribution in [3.63, 3.8) is 0 Å². The van der Waals surface area contributed by atoms with Gasteiger partial charge in [-0.2, -0.15) is 5.26 Å². The summed E-state index contributed by atoms with van der Waals surface area (Å²) in [5, 5.41) is 20.7. The van der Waals surface area contributed by atoms with E-state index in [0.717, 1.165) is 6.42 Å². The highest BCUT2D eigenvalue weighted by atomic mass is 31.2. The average molecular weight is 459 g/mol. The van der Waals surface area contributed by atoms with Crippen molar-refractivity contribution >= 4 is 32.0 Å². The van der Waals surface area contributed by atoms with Crippen molar-refractivity contribution in [1.82, 2.24) is 15.3 Å². The Morgan fingerprint density at radius 3 is 1.94 bits per heavy atom. The molecule has 0 aliphatic carbocycles. The fraction of sp³-hybridized carbons (Fsp3) is 0.722. The minimum Gasteiger partial charge on any atom is -0.378 e. The fourth-order valence-electron chi connectivity index (χ4n) is 2.22. The van der Waals surface area contributed by atoms with Crippen LogP contribution >= 0.6 is 8.53 Å². The number of nitrogens with two attached hydrogens (primary N) is 2. The van der Waals surface area contributed by atoms with Crippen molar-refractivity contribution in [2.24, 2.45) is 21.7 Å². The van der Waals surface area contributed by atoms with E-state index in [0.29, 0.717) is 6.54 Å². The van der Waals surface area contributed by atoms with Crippen LogP contribution in [0.1, 0.15) is 47.5 Å². The van der Waals surface area contributed by atoms with Gasteiger partial charge in [-0.25, -0.2) is 4.67 Å². The van der Waals surface area contributed by atoms with E-state index in [1.54, 1.807) is 0 Å². The largest absolute Gasteiger partial charge is 0.378 e. The number of rotatable bonds is 13. The first kappa shape index (κ1) is 28.7. The Morgan fingerprint density at radius 2 is 1.48 bits per heavy atom. The minimum atomic E-state index is -1.40. The van der Waals surface area contributed by atoms with Crippen LogP contribution < -0.4 is 22.1 Å². The molecule has 0 saturated heterocycles. The van der Waals surface area contributed by atoms with Crippen LogP contribution in [0.15, 0.2) is 10.2 Å². The third-order valence-corrected chi connectivity index (χ3v) is 5.63. The Balaban J connectivity index is 4.71. The van der Waals surface area contributed by atoms with Gasteiger partial charge in [-0.1, -0.05) is 6.92 Å². The van der Waals surface area contributed by atoms with E-state index in [-0.39, 0.29) is 38.3 Å². The number of nitriles is 1. The molecule has 0 spiro atoms. The van der Waals surface area contributed by atoms with Gasteiger partial charge in [0.15, 0.2) is 0 Å². The van der Waals surface area contributed by atoms with Crippen molar-refractivity contribution in [2.75, 3.05) is 26.3 Å². The molecule has 6 N–H and O–H groups in total. The van der Waals surface area contributed by atoms with Crippen LogP contribution in [0.3, 0.4) is 0 Å². The summed E-state index contributed by atoms with van der Waals surface area (Å²) in [5.74, 6) is -2.09. The molecule has 12 nitrogen and oxygen atoms in total. The lowest BCUT2D eigenvalue weighted by Gasteiger charge is -2.35. The summed E-state index contributed by atoms with van der Waals surface area (Å²) in [6.07, 6.45) is 1.00. The predicted octanol–water partition coefficient (Wildman–Crippen LogP) is 0.551. The lowest BCUT2D eigenvalue weighted by molar-refractivity contribution is -0.115. The Kier molecular flexibility index (Phi) is 15.2. The van der Waals surface area contributed by atoms with Crippen LogP contribution in [-0.4, -0.2) is 66.5 Å². The molecule has 0 aromatic rings. The van der Waals surface area contributed by atoms with E-state index in [4.69, 9.17) is 25.8 Å². The van der Waals surface area contributed by atoms with Crippen LogP contribution in [-0.2, 0) is 18.6 Å². The van der Waals surface area contributed by atoms with E-state index in [1.165, 1.54) is 0 Å². The quantitative estimate of drug-likeness (QED) is 0.101. The molecule has 0 fully saturated rings. The number of amides is 2. The van der Waals surface area contributed by atoms with Crippen molar-refractivity contribution in [3.8, 4) is 6.07 Å². The molecule has 0 rings (SSSR count). The van der Waals surface area contributed by atoms with Gasteiger partial charge >= 0.3 is 0 Å². The van der Waals surface area contributed by atoms with Gasteiger partial charge in [0.05, 0.1) is 25.7 Å². The highest BCUT2D eigenvalue weighted by molar-refractivity contribution is 7.44. The molecule has 0 aliphatic heterocycles. The second kappa shape index (κ2) is 16.4. The maximum Gasteiger partial charge on any atom is 0.288 e. The van der Waals surface area contributed by atoms with Crippen molar-refractivity contribution in [2.45, 2.75) is 59.5 Å². The lowest BCUT2D eigenvalue weighted by Crippen LogP contribution is -2.39. The highest BCUT2D eigenvalue weighted by Gasteiger charge is 2.27. The molecule has 13 heteroatoms. The van der Waals surface area contributed by atoms with Crippen LogP contribution in [0, 0.1) is 11.3 Å². The van der Waals surface area contributed by atoms with Gasteiger partial charge in [0.2, 0.25) is 11.7 Å². The maximum absolute atomic E-state index is 12.0. The Hall–Kier alpha value is -2.32. The predicted molar refractivity (Wildman–Crippen MR) is 121 cm³/mol. The third kappa shape index (κ3) is 12.2. The zero-order valence-electron chi connectivity index (χ0n) is 18.9. The summed E-state index contributed by atoms with van der Waals surface area (Å²) in [6, 6.07) is 2.37. The Bertz CT molecular complexity index is 655. The molecule has 0 aromatic carbocycles. The topological polar surface area (TPSA) is 180 Å². The molecule has 0 heterocycles. The number of hydrogen-bond donors (Lipinski definition) is 4. The monoisotopic (exact) mass is 458 g/mol. The van der Waals surface area contributed by atoms with Crippen LogP contribution in [0.2, 0.25) is 0 Å². The lowest BCUT2D eigenvalue weighted by atomic mass is 10.3. The van der Waals surface area contributed by atoms with Gasteiger partial charge < -0.3 is 31.1 Å². The molecule has 0 aliphatic rings. The molecular formula is C18H35N8O4P. The first-order valence-electron chi connectivity index (χ1n) is 10.1. The summed E-state index contributed by atoms with van der Waals surface area (Å²) >= 11 is 0. The molecule has 1 atom stereocenters. The molecule has 0 bridgehead atoms. The second-order valence-corrected chi connectivity index (χ2v) is 8.32. The first-order chi connectivity index (χ1) is 14.6. The normalized spacial score (nSPS) is 13.4. The highest BCUT2D eigenvalue weighted by Crippen LogP contribution is 2.45. The first-order valence-corrected chi connectivity index (χ1v) is 11.2. The molecular weight excluding hydrogens is 423 g/mol. The number of carbonyl (C=O) groups excluding carboxylic acids is 2. The number of hydrogen-bond acceptors (Lipinski definition) is 8. The number of nitrogens with one attached hydrogen (secondary N) is 2. The molecule has 2 amide bonds. The van der Waals surface area contributed by atoms with Gasteiger partial charge in [-0.3, -0.25) is 9.59 Å². The van der Waals surface area contributed by atoms with Crippen LogP contribution in [0.25, 0.3) is 0 Å². The minimum absolute atomic E-state index is 0.149. The molecule has 0 radical (unpaired) electrons. The SMILES string of the molecule is CCCNC(=O)/C(N)=N/N=C(\N)C(=O)NCCOP(OCCC#N)N(C(C)C)C(C)C. The zero-order chi connectivity index (χ0) is 23.8. The van der Waals surface area contributed by atoms with Gasteiger partial charge in [0.1, 0.15) is 0 Å². The molecule has 0 saturated carbocycles. The third-order valence-electron chi connectivity index (χ3n) is 3.52. The number of nitrogens with zero attached hydrogens (tertiary/aromatic N) is 4. The molecule has 31 heavy (non-hydrogen) atoms. The number of carbonyl (C=O) groups is 2. The van der Waals surface area contributed by atoms with Crippen LogP contribution in [0.5, 0.6) is 0 Å². The van der Waals surface area contributed by atoms with E-state index < -0.39 is 32.0 Å². The van der Waals surface area contributed by atoms with Gasteiger partial charge in [0.25, 0.3) is 20.3 Å². The molecule has 1 unspecified atom stereocenters. The molecule has 0 aromatic heterocycles. The Labute approximate surface area is 185 Å². The summed E-state index contributed by atoms with van der Waals surface area (Å²) in [4.78, 5) is 23.6. The summed E-state index contributed by atoms with van der Waals surface area (Å²) in [5.41, 5.74) is 11.0. The van der Waals surface area contributed by atoms with Crippen LogP contribution in [0.4, 0.5) is 0 Å².